The number of rotatable bonds is 3. The van der Waals surface area contributed by atoms with Crippen LogP contribution in [0.4, 0.5) is 14.9 Å². The molecule has 0 aliphatic heterocycles. The van der Waals surface area contributed by atoms with E-state index in [9.17, 15) is 14.0 Å². The lowest BCUT2D eigenvalue weighted by Gasteiger charge is -2.30. The van der Waals surface area contributed by atoms with Crippen LogP contribution in [0, 0.1) is 5.82 Å². The van der Waals surface area contributed by atoms with Crippen molar-refractivity contribution in [1.29, 1.82) is 0 Å². The molecule has 5 nitrogen and oxygen atoms in total. The summed E-state index contributed by atoms with van der Waals surface area (Å²) in [5, 5.41) is 9.08. The second-order valence-electron chi connectivity index (χ2n) is 5.32. The maximum absolute atomic E-state index is 13.8. The lowest BCUT2D eigenvalue weighted by molar-refractivity contribution is -0.138. The van der Waals surface area contributed by atoms with Gasteiger partial charge < -0.3 is 9.84 Å². The number of carbonyl (C=O) groups is 2. The van der Waals surface area contributed by atoms with Crippen LogP contribution in [0.2, 0.25) is 0 Å². The van der Waals surface area contributed by atoms with Crippen molar-refractivity contribution in [2.45, 2.75) is 39.3 Å². The van der Waals surface area contributed by atoms with Crippen molar-refractivity contribution in [2.24, 2.45) is 0 Å². The van der Waals surface area contributed by atoms with Crippen LogP contribution in [-0.4, -0.2) is 28.8 Å². The highest BCUT2D eigenvalue weighted by Gasteiger charge is 2.32. The Morgan fingerprint density at radius 1 is 1.30 bits per heavy atom. The van der Waals surface area contributed by atoms with E-state index in [0.717, 1.165) is 11.0 Å². The van der Waals surface area contributed by atoms with Gasteiger partial charge in [-0.05, 0) is 39.8 Å². The minimum absolute atomic E-state index is 0.128. The van der Waals surface area contributed by atoms with E-state index >= 15 is 0 Å². The SMILES string of the molecule is C[C@@H](C(=O)O)N(C(=O)OC(C)(C)C)c1ccccc1F. The van der Waals surface area contributed by atoms with E-state index in [0.29, 0.717) is 0 Å². The summed E-state index contributed by atoms with van der Waals surface area (Å²) >= 11 is 0. The average molecular weight is 283 g/mol. The van der Waals surface area contributed by atoms with Crippen molar-refractivity contribution in [3.05, 3.63) is 30.1 Å². The third-order valence-electron chi connectivity index (χ3n) is 2.45. The Morgan fingerprint density at radius 2 is 1.85 bits per heavy atom. The minimum atomic E-state index is -1.25. The van der Waals surface area contributed by atoms with Crippen molar-refractivity contribution in [1.82, 2.24) is 0 Å². The largest absolute Gasteiger partial charge is 0.480 e. The first-order valence-electron chi connectivity index (χ1n) is 6.13. The van der Waals surface area contributed by atoms with E-state index in [2.05, 4.69) is 0 Å². The van der Waals surface area contributed by atoms with E-state index in [1.807, 2.05) is 0 Å². The highest BCUT2D eigenvalue weighted by atomic mass is 19.1. The summed E-state index contributed by atoms with van der Waals surface area (Å²) in [6.07, 6.45) is -0.905. The molecule has 0 aromatic heterocycles. The zero-order chi connectivity index (χ0) is 15.5. The molecule has 0 unspecified atom stereocenters. The molecule has 0 saturated heterocycles. The first-order chi connectivity index (χ1) is 9.13. The molecule has 0 aliphatic carbocycles. The quantitative estimate of drug-likeness (QED) is 0.925. The zero-order valence-electron chi connectivity index (χ0n) is 11.9. The van der Waals surface area contributed by atoms with Crippen LogP contribution in [0.1, 0.15) is 27.7 Å². The van der Waals surface area contributed by atoms with Gasteiger partial charge in [0.05, 0.1) is 5.69 Å². The van der Waals surface area contributed by atoms with Crippen LogP contribution in [0.15, 0.2) is 24.3 Å². The molecule has 0 heterocycles. The van der Waals surface area contributed by atoms with Gasteiger partial charge in [-0.1, -0.05) is 12.1 Å². The summed E-state index contributed by atoms with van der Waals surface area (Å²) in [5.74, 6) is -1.94. The van der Waals surface area contributed by atoms with Gasteiger partial charge in [-0.15, -0.1) is 0 Å². The van der Waals surface area contributed by atoms with Crippen LogP contribution in [0.25, 0.3) is 0 Å². The molecule has 1 N–H and O–H groups in total. The number of amides is 1. The summed E-state index contributed by atoms with van der Waals surface area (Å²) in [6, 6.07) is 4.21. The standard InChI is InChI=1S/C14H18FNO4/c1-9(12(17)18)16(13(19)20-14(2,3)4)11-8-6-5-7-10(11)15/h5-9H,1-4H3,(H,17,18)/t9-/m0/s1. The lowest BCUT2D eigenvalue weighted by atomic mass is 10.2. The van der Waals surface area contributed by atoms with Crippen molar-refractivity contribution >= 4 is 17.7 Å². The minimum Gasteiger partial charge on any atom is -0.480 e. The number of halogens is 1. The summed E-state index contributed by atoms with van der Waals surface area (Å²) in [7, 11) is 0. The normalized spacial score (nSPS) is 12.7. The average Bonchev–Trinajstić information content (AvgIpc) is 2.29. The van der Waals surface area contributed by atoms with Crippen LogP contribution in [-0.2, 0) is 9.53 Å². The number of benzene rings is 1. The van der Waals surface area contributed by atoms with E-state index in [1.165, 1.54) is 25.1 Å². The molecule has 1 atom stereocenters. The summed E-state index contributed by atoms with van der Waals surface area (Å²) in [5.41, 5.74) is -0.935. The number of nitrogens with zero attached hydrogens (tertiary/aromatic N) is 1. The van der Waals surface area contributed by atoms with Gasteiger partial charge in [0, 0.05) is 0 Å². The van der Waals surface area contributed by atoms with Gasteiger partial charge in [0.2, 0.25) is 0 Å². The van der Waals surface area contributed by atoms with Crippen LogP contribution < -0.4 is 4.90 Å². The Balaban J connectivity index is 3.20. The van der Waals surface area contributed by atoms with Gasteiger partial charge >= 0.3 is 12.1 Å². The van der Waals surface area contributed by atoms with E-state index in [1.54, 1.807) is 20.8 Å². The van der Waals surface area contributed by atoms with Crippen molar-refractivity contribution in [3.63, 3.8) is 0 Å². The smallest absolute Gasteiger partial charge is 0.415 e. The predicted octanol–water partition coefficient (Wildman–Crippen LogP) is 3.04. The molecule has 6 heteroatoms. The second kappa shape index (κ2) is 5.90. The number of aliphatic carboxylic acids is 1. The van der Waals surface area contributed by atoms with Gasteiger partial charge in [0.25, 0.3) is 0 Å². The molecule has 20 heavy (non-hydrogen) atoms. The van der Waals surface area contributed by atoms with E-state index < -0.39 is 29.5 Å². The molecule has 110 valence electrons. The monoisotopic (exact) mass is 283 g/mol. The maximum Gasteiger partial charge on any atom is 0.415 e. The molecule has 1 aromatic carbocycles. The summed E-state index contributed by atoms with van der Waals surface area (Å²) in [4.78, 5) is 24.0. The molecule has 1 amide bonds. The number of hydrogen-bond donors (Lipinski definition) is 1. The molecule has 0 fully saturated rings. The molecule has 0 saturated carbocycles. The molecule has 0 radical (unpaired) electrons. The van der Waals surface area contributed by atoms with E-state index in [4.69, 9.17) is 9.84 Å². The van der Waals surface area contributed by atoms with Crippen LogP contribution in [0.5, 0.6) is 0 Å². The molecule has 0 spiro atoms. The summed E-state index contributed by atoms with van der Waals surface area (Å²) < 4.78 is 19.0. The number of para-hydroxylation sites is 1. The maximum atomic E-state index is 13.8. The van der Waals surface area contributed by atoms with Crippen LogP contribution in [0.3, 0.4) is 0 Å². The van der Waals surface area contributed by atoms with Crippen molar-refractivity contribution in [3.8, 4) is 0 Å². The topological polar surface area (TPSA) is 66.8 Å². The fraction of sp³-hybridized carbons (Fsp3) is 0.429. The van der Waals surface area contributed by atoms with Gasteiger partial charge in [0.15, 0.2) is 0 Å². The predicted molar refractivity (Wildman–Crippen MR) is 72.2 cm³/mol. The Kier molecular flexibility index (Phi) is 4.70. The number of ether oxygens (including phenoxy) is 1. The Morgan fingerprint density at radius 3 is 2.30 bits per heavy atom. The third-order valence-corrected chi connectivity index (χ3v) is 2.45. The molecule has 1 rings (SSSR count). The fourth-order valence-electron chi connectivity index (χ4n) is 1.53. The number of carboxylic acid groups (broad SMARTS) is 1. The Labute approximate surface area is 117 Å². The highest BCUT2D eigenvalue weighted by molar-refractivity contribution is 5.95. The van der Waals surface area contributed by atoms with Gasteiger partial charge in [-0.3, -0.25) is 4.90 Å². The Bertz CT molecular complexity index is 510. The first-order valence-corrected chi connectivity index (χ1v) is 6.13. The summed E-state index contributed by atoms with van der Waals surface area (Å²) in [6.45, 7) is 6.24. The van der Waals surface area contributed by atoms with E-state index in [-0.39, 0.29) is 5.69 Å². The molecular formula is C14H18FNO4. The number of carboxylic acids is 1. The van der Waals surface area contributed by atoms with Gasteiger partial charge in [-0.25, -0.2) is 14.0 Å². The van der Waals surface area contributed by atoms with Crippen LogP contribution >= 0.6 is 0 Å². The number of carbonyl (C=O) groups excluding carboxylic acids is 1. The third kappa shape index (κ3) is 3.94. The highest BCUT2D eigenvalue weighted by Crippen LogP contribution is 2.24. The molecule has 1 aromatic rings. The molecule has 0 bridgehead atoms. The molecular weight excluding hydrogens is 265 g/mol. The fourth-order valence-corrected chi connectivity index (χ4v) is 1.53. The number of hydrogen-bond acceptors (Lipinski definition) is 3. The molecule has 0 aliphatic rings. The first kappa shape index (κ1) is 15.9. The van der Waals surface area contributed by atoms with Gasteiger partial charge in [0.1, 0.15) is 17.5 Å². The van der Waals surface area contributed by atoms with Crippen molar-refractivity contribution < 1.29 is 23.8 Å². The lowest BCUT2D eigenvalue weighted by Crippen LogP contribution is -2.46. The number of anilines is 1. The van der Waals surface area contributed by atoms with Crippen molar-refractivity contribution in [2.75, 3.05) is 4.90 Å². The second-order valence-corrected chi connectivity index (χ2v) is 5.32. The van der Waals surface area contributed by atoms with Gasteiger partial charge in [-0.2, -0.15) is 0 Å². The zero-order valence-corrected chi connectivity index (χ0v) is 11.9. The Hall–Kier alpha value is -2.11.